The normalized spacial score (nSPS) is 16.7. The SMILES string of the molecule is C[C@@H](C[C@@H](O)C(=N)N)CC(C)(C)C. The average Bonchev–Trinajstić information content (AvgIpc) is 1.81. The lowest BCUT2D eigenvalue weighted by Crippen LogP contribution is -2.30. The van der Waals surface area contributed by atoms with Gasteiger partial charge in [-0.25, -0.2) is 0 Å². The lowest BCUT2D eigenvalue weighted by molar-refractivity contribution is 0.184. The highest BCUT2D eigenvalue weighted by Crippen LogP contribution is 2.26. The predicted molar refractivity (Wildman–Crippen MR) is 55.8 cm³/mol. The molecule has 78 valence electrons. The van der Waals surface area contributed by atoms with Gasteiger partial charge in [-0.15, -0.1) is 0 Å². The summed E-state index contributed by atoms with van der Waals surface area (Å²) in [7, 11) is 0. The second-order valence-corrected chi connectivity index (χ2v) is 5.08. The van der Waals surface area contributed by atoms with E-state index in [4.69, 9.17) is 11.1 Å². The van der Waals surface area contributed by atoms with Crippen molar-refractivity contribution in [3.8, 4) is 0 Å². The Morgan fingerprint density at radius 3 is 2.23 bits per heavy atom. The molecule has 0 saturated heterocycles. The highest BCUT2D eigenvalue weighted by molar-refractivity contribution is 5.81. The first-order chi connectivity index (χ1) is 5.72. The van der Waals surface area contributed by atoms with Crippen molar-refractivity contribution in [3.05, 3.63) is 0 Å². The number of aliphatic hydroxyl groups excluding tert-OH is 1. The Morgan fingerprint density at radius 2 is 1.92 bits per heavy atom. The van der Waals surface area contributed by atoms with Crippen molar-refractivity contribution in [1.82, 2.24) is 0 Å². The number of nitrogens with one attached hydrogen (secondary N) is 1. The molecule has 4 N–H and O–H groups in total. The van der Waals surface area contributed by atoms with E-state index in [1.165, 1.54) is 0 Å². The van der Waals surface area contributed by atoms with Crippen molar-refractivity contribution < 1.29 is 5.11 Å². The number of amidine groups is 1. The molecule has 0 heterocycles. The van der Waals surface area contributed by atoms with Gasteiger partial charge in [0.25, 0.3) is 0 Å². The van der Waals surface area contributed by atoms with E-state index in [-0.39, 0.29) is 11.3 Å². The van der Waals surface area contributed by atoms with E-state index in [0.29, 0.717) is 12.3 Å². The van der Waals surface area contributed by atoms with Gasteiger partial charge in [0.1, 0.15) is 11.9 Å². The highest BCUT2D eigenvalue weighted by Gasteiger charge is 2.18. The maximum Gasteiger partial charge on any atom is 0.120 e. The molecule has 0 amide bonds. The first kappa shape index (κ1) is 12.4. The summed E-state index contributed by atoms with van der Waals surface area (Å²) in [6.45, 7) is 8.59. The van der Waals surface area contributed by atoms with Crippen LogP contribution in [-0.4, -0.2) is 17.0 Å². The molecule has 0 aromatic rings. The van der Waals surface area contributed by atoms with Gasteiger partial charge in [-0.1, -0.05) is 27.7 Å². The molecule has 0 aliphatic heterocycles. The van der Waals surface area contributed by atoms with Gasteiger partial charge in [-0.2, -0.15) is 0 Å². The zero-order valence-corrected chi connectivity index (χ0v) is 9.09. The smallest absolute Gasteiger partial charge is 0.120 e. The van der Waals surface area contributed by atoms with Gasteiger partial charge in [0.15, 0.2) is 0 Å². The molecule has 2 atom stereocenters. The van der Waals surface area contributed by atoms with Gasteiger partial charge in [-0.3, -0.25) is 5.41 Å². The van der Waals surface area contributed by atoms with E-state index in [0.717, 1.165) is 6.42 Å². The summed E-state index contributed by atoms with van der Waals surface area (Å²) in [4.78, 5) is 0. The minimum Gasteiger partial charge on any atom is -0.385 e. The number of hydrogen-bond acceptors (Lipinski definition) is 2. The van der Waals surface area contributed by atoms with Gasteiger partial charge in [0, 0.05) is 0 Å². The predicted octanol–water partition coefficient (Wildman–Crippen LogP) is 1.75. The Labute approximate surface area is 80.8 Å². The summed E-state index contributed by atoms with van der Waals surface area (Å²) in [5, 5.41) is 16.4. The zero-order chi connectivity index (χ0) is 10.6. The Hall–Kier alpha value is -0.570. The van der Waals surface area contributed by atoms with Crippen molar-refractivity contribution in [1.29, 1.82) is 5.41 Å². The summed E-state index contributed by atoms with van der Waals surface area (Å²) < 4.78 is 0. The summed E-state index contributed by atoms with van der Waals surface area (Å²) in [5.41, 5.74) is 5.46. The molecule has 0 aliphatic carbocycles. The molecule has 0 aromatic carbocycles. The fraction of sp³-hybridized carbons (Fsp3) is 0.900. The van der Waals surface area contributed by atoms with Crippen LogP contribution in [0, 0.1) is 16.7 Å². The molecule has 3 heteroatoms. The molecule has 0 saturated carbocycles. The van der Waals surface area contributed by atoms with Crippen LogP contribution in [0.1, 0.15) is 40.5 Å². The summed E-state index contributed by atoms with van der Waals surface area (Å²) in [5.74, 6) is 0.277. The highest BCUT2D eigenvalue weighted by atomic mass is 16.3. The largest absolute Gasteiger partial charge is 0.385 e. The Balaban J connectivity index is 3.88. The lowest BCUT2D eigenvalue weighted by atomic mass is 9.83. The van der Waals surface area contributed by atoms with Crippen LogP contribution in [-0.2, 0) is 0 Å². The van der Waals surface area contributed by atoms with E-state index in [2.05, 4.69) is 27.7 Å². The van der Waals surface area contributed by atoms with Crippen LogP contribution in [0.15, 0.2) is 0 Å². The van der Waals surface area contributed by atoms with Crippen LogP contribution in [0.3, 0.4) is 0 Å². The average molecular weight is 186 g/mol. The quantitative estimate of drug-likeness (QED) is 0.462. The van der Waals surface area contributed by atoms with Crippen LogP contribution >= 0.6 is 0 Å². The molecule has 0 rings (SSSR count). The minimum absolute atomic E-state index is 0.124. The Morgan fingerprint density at radius 1 is 1.46 bits per heavy atom. The number of hydrogen-bond donors (Lipinski definition) is 3. The van der Waals surface area contributed by atoms with Gasteiger partial charge >= 0.3 is 0 Å². The summed E-state index contributed by atoms with van der Waals surface area (Å²) >= 11 is 0. The van der Waals surface area contributed by atoms with Crippen molar-refractivity contribution >= 4 is 5.84 Å². The van der Waals surface area contributed by atoms with E-state index in [1.54, 1.807) is 0 Å². The first-order valence-electron chi connectivity index (χ1n) is 4.74. The zero-order valence-electron chi connectivity index (χ0n) is 9.09. The molecule has 0 fully saturated rings. The third-order valence-corrected chi connectivity index (χ3v) is 1.95. The van der Waals surface area contributed by atoms with Crippen LogP contribution in [0.2, 0.25) is 0 Å². The van der Waals surface area contributed by atoms with E-state index in [1.807, 2.05) is 0 Å². The van der Waals surface area contributed by atoms with E-state index in [9.17, 15) is 5.11 Å². The first-order valence-corrected chi connectivity index (χ1v) is 4.74. The van der Waals surface area contributed by atoms with Gasteiger partial charge in [0.05, 0.1) is 0 Å². The maximum absolute atomic E-state index is 9.34. The molecule has 13 heavy (non-hydrogen) atoms. The van der Waals surface area contributed by atoms with Gasteiger partial charge < -0.3 is 10.8 Å². The molecule has 0 radical (unpaired) electrons. The summed E-state index contributed by atoms with van der Waals surface area (Å²) in [6, 6.07) is 0. The fourth-order valence-corrected chi connectivity index (χ4v) is 1.64. The third kappa shape index (κ3) is 6.58. The lowest BCUT2D eigenvalue weighted by Gasteiger charge is -2.24. The Bertz CT molecular complexity index is 172. The van der Waals surface area contributed by atoms with Crippen molar-refractivity contribution in [3.63, 3.8) is 0 Å². The maximum atomic E-state index is 9.34. The monoisotopic (exact) mass is 186 g/mol. The molecule has 0 aliphatic rings. The summed E-state index contributed by atoms with van der Waals surface area (Å²) in [6.07, 6.45) is 0.863. The van der Waals surface area contributed by atoms with Crippen molar-refractivity contribution in [2.24, 2.45) is 17.1 Å². The molecule has 0 bridgehead atoms. The second-order valence-electron chi connectivity index (χ2n) is 5.08. The molecular weight excluding hydrogens is 164 g/mol. The minimum atomic E-state index is -0.766. The fourth-order valence-electron chi connectivity index (χ4n) is 1.64. The molecule has 0 unspecified atom stereocenters. The molecular formula is C10H22N2O. The van der Waals surface area contributed by atoms with Crippen LogP contribution in [0.4, 0.5) is 0 Å². The number of rotatable bonds is 4. The number of aliphatic hydroxyl groups is 1. The van der Waals surface area contributed by atoms with E-state index >= 15 is 0 Å². The van der Waals surface area contributed by atoms with Gasteiger partial charge in [-0.05, 0) is 24.2 Å². The number of nitrogens with two attached hydrogens (primary N) is 1. The molecule has 0 aromatic heterocycles. The van der Waals surface area contributed by atoms with Crippen molar-refractivity contribution in [2.75, 3.05) is 0 Å². The topological polar surface area (TPSA) is 70.1 Å². The Kier molecular flexibility index (Phi) is 4.40. The van der Waals surface area contributed by atoms with Crippen LogP contribution in [0.5, 0.6) is 0 Å². The van der Waals surface area contributed by atoms with Gasteiger partial charge in [0.2, 0.25) is 0 Å². The third-order valence-electron chi connectivity index (χ3n) is 1.95. The van der Waals surface area contributed by atoms with Crippen LogP contribution in [0.25, 0.3) is 0 Å². The second kappa shape index (κ2) is 4.61. The van der Waals surface area contributed by atoms with Crippen molar-refractivity contribution in [2.45, 2.75) is 46.6 Å². The van der Waals surface area contributed by atoms with E-state index < -0.39 is 6.10 Å². The molecule has 0 spiro atoms. The standard InChI is InChI=1S/C10H22N2O/c1-7(6-10(2,3)4)5-8(13)9(11)12/h7-8,13H,5-6H2,1-4H3,(H3,11,12)/t7-,8+/m0/s1. The molecule has 3 nitrogen and oxygen atoms in total. The van der Waals surface area contributed by atoms with Crippen LogP contribution < -0.4 is 5.73 Å².